The highest BCUT2D eigenvalue weighted by Crippen LogP contribution is 2.36. The van der Waals surface area contributed by atoms with Gasteiger partial charge >= 0.3 is 5.97 Å². The van der Waals surface area contributed by atoms with Gasteiger partial charge in [0.05, 0.1) is 41.4 Å². The number of aryl methyl sites for hydroxylation is 2. The monoisotopic (exact) mass is 484 g/mol. The molecule has 0 saturated heterocycles. The number of thiophene rings is 1. The number of hydrogen-bond donors (Lipinski definition) is 2. The van der Waals surface area contributed by atoms with Gasteiger partial charge in [0, 0.05) is 36.2 Å². The number of aromatic nitrogens is 3. The third-order valence-corrected chi connectivity index (χ3v) is 6.44. The number of rotatable bonds is 9. The fraction of sp³-hybridized carbons (Fsp3) is 0.292. The maximum absolute atomic E-state index is 14.5. The number of fused-ring (bicyclic) bond motifs is 1. The topological polar surface area (TPSA) is 98.5 Å². The van der Waals surface area contributed by atoms with Crippen LogP contribution in [0.1, 0.15) is 28.0 Å². The summed E-state index contributed by atoms with van der Waals surface area (Å²) >= 11 is 1.13. The molecule has 0 aliphatic heterocycles. The molecule has 0 fully saturated rings. The molecule has 2 N–H and O–H groups in total. The van der Waals surface area contributed by atoms with Gasteiger partial charge in [0.2, 0.25) is 5.88 Å². The number of anilines is 1. The quantitative estimate of drug-likeness (QED) is 0.340. The minimum Gasteiger partial charge on any atom is -0.492 e. The second-order valence-electron chi connectivity index (χ2n) is 7.67. The van der Waals surface area contributed by atoms with Crippen LogP contribution in [-0.4, -0.2) is 45.9 Å². The molecule has 0 bridgehead atoms. The molecule has 0 unspecified atom stereocenters. The van der Waals surface area contributed by atoms with Crippen LogP contribution in [0.5, 0.6) is 11.6 Å². The van der Waals surface area contributed by atoms with Crippen molar-refractivity contribution in [3.63, 3.8) is 0 Å². The molecule has 8 nitrogen and oxygen atoms in total. The van der Waals surface area contributed by atoms with Crippen molar-refractivity contribution in [1.29, 1.82) is 0 Å². The number of pyridine rings is 2. The van der Waals surface area contributed by atoms with E-state index in [1.165, 1.54) is 13.3 Å². The molecule has 178 valence electrons. The number of nitrogens with one attached hydrogen (secondary N) is 1. The molecule has 4 aromatic rings. The predicted octanol–water partition coefficient (Wildman–Crippen LogP) is 5.13. The first-order valence-electron chi connectivity index (χ1n) is 10.7. The fourth-order valence-corrected chi connectivity index (χ4v) is 4.82. The van der Waals surface area contributed by atoms with Gasteiger partial charge in [-0.25, -0.2) is 14.2 Å². The summed E-state index contributed by atoms with van der Waals surface area (Å²) in [6.45, 7) is 7.03. The maximum Gasteiger partial charge on any atom is 0.349 e. The number of hydrogen-bond acceptors (Lipinski definition) is 7. The first-order valence-corrected chi connectivity index (χ1v) is 11.5. The summed E-state index contributed by atoms with van der Waals surface area (Å²) in [7, 11) is 1.52. The van der Waals surface area contributed by atoms with E-state index in [0.29, 0.717) is 52.8 Å². The van der Waals surface area contributed by atoms with Crippen LogP contribution in [0, 0.1) is 19.7 Å². The third kappa shape index (κ3) is 4.54. The second-order valence-corrected chi connectivity index (χ2v) is 8.72. The fourth-order valence-electron chi connectivity index (χ4n) is 3.92. The van der Waals surface area contributed by atoms with E-state index in [-0.39, 0.29) is 4.88 Å². The molecule has 10 heteroatoms. The Hall–Kier alpha value is -3.66. The third-order valence-electron chi connectivity index (χ3n) is 5.31. The number of methoxy groups -OCH3 is 1. The molecule has 0 atom stereocenters. The van der Waals surface area contributed by atoms with Crippen molar-refractivity contribution < 1.29 is 23.8 Å². The van der Waals surface area contributed by atoms with E-state index in [9.17, 15) is 14.3 Å². The summed E-state index contributed by atoms with van der Waals surface area (Å²) in [6, 6.07) is 7.36. The predicted molar refractivity (Wildman–Crippen MR) is 130 cm³/mol. The number of carbonyl (C=O) groups is 1. The molecule has 0 radical (unpaired) electrons. The molecule has 0 saturated carbocycles. The summed E-state index contributed by atoms with van der Waals surface area (Å²) in [5.74, 6) is -0.694. The zero-order valence-corrected chi connectivity index (χ0v) is 20.1. The van der Waals surface area contributed by atoms with Crippen LogP contribution in [0.3, 0.4) is 0 Å². The Morgan fingerprint density at radius 1 is 1.26 bits per heavy atom. The van der Waals surface area contributed by atoms with Crippen molar-refractivity contribution in [2.24, 2.45) is 0 Å². The summed E-state index contributed by atoms with van der Waals surface area (Å²) in [5.41, 5.74) is 3.63. The average Bonchev–Trinajstić information content (AvgIpc) is 3.36. The Morgan fingerprint density at radius 2 is 2.06 bits per heavy atom. The van der Waals surface area contributed by atoms with Gasteiger partial charge in [0.25, 0.3) is 0 Å². The molecule has 0 aliphatic carbocycles. The number of carboxylic acid groups (broad SMARTS) is 1. The smallest absolute Gasteiger partial charge is 0.349 e. The molecule has 4 heterocycles. The number of nitrogens with zero attached hydrogens (tertiary/aromatic N) is 3. The Labute approximate surface area is 200 Å². The summed E-state index contributed by atoms with van der Waals surface area (Å²) in [4.78, 5) is 21.0. The zero-order valence-electron chi connectivity index (χ0n) is 19.3. The molecule has 4 rings (SSSR count). The number of carboxylic acids is 1. The lowest BCUT2D eigenvalue weighted by atomic mass is 10.2. The van der Waals surface area contributed by atoms with Gasteiger partial charge in [-0.05, 0) is 39.0 Å². The molecular formula is C24H25FN4O4S. The van der Waals surface area contributed by atoms with Gasteiger partial charge in [-0.1, -0.05) is 0 Å². The molecule has 0 aliphatic rings. The van der Waals surface area contributed by atoms with Crippen LogP contribution >= 0.6 is 11.3 Å². The second kappa shape index (κ2) is 9.68. The molecule has 0 amide bonds. The number of ether oxygens (including phenoxy) is 2. The Balaban J connectivity index is 1.56. The normalized spacial score (nSPS) is 11.1. The van der Waals surface area contributed by atoms with Crippen molar-refractivity contribution in [2.45, 2.75) is 27.3 Å². The van der Waals surface area contributed by atoms with E-state index in [4.69, 9.17) is 9.47 Å². The van der Waals surface area contributed by atoms with Gasteiger partial charge in [0.15, 0.2) is 10.7 Å². The largest absolute Gasteiger partial charge is 0.492 e. The van der Waals surface area contributed by atoms with Crippen LogP contribution < -0.4 is 14.8 Å². The van der Waals surface area contributed by atoms with Crippen molar-refractivity contribution >= 4 is 33.9 Å². The molecule has 34 heavy (non-hydrogen) atoms. The Kier molecular flexibility index (Phi) is 6.69. The summed E-state index contributed by atoms with van der Waals surface area (Å²) in [6.07, 6.45) is 1.17. The SMILES string of the molecule is CCOc1cc(-c2cc(NCCn3c(C)cc4c(OC)ncc(F)c43)cc(C)n2)sc1C(=O)O. The van der Waals surface area contributed by atoms with Crippen LogP contribution in [0.15, 0.2) is 30.5 Å². The summed E-state index contributed by atoms with van der Waals surface area (Å²) in [5, 5.41) is 13.5. The highest BCUT2D eigenvalue weighted by atomic mass is 32.1. The lowest BCUT2D eigenvalue weighted by Gasteiger charge is -2.12. The van der Waals surface area contributed by atoms with Gasteiger partial charge < -0.3 is 24.5 Å². The van der Waals surface area contributed by atoms with E-state index in [2.05, 4.69) is 15.3 Å². The van der Waals surface area contributed by atoms with Crippen LogP contribution in [0.4, 0.5) is 10.1 Å². The standard InChI is InChI=1S/C24H25FN4O4S/c1-5-33-19-11-20(34-22(19)24(30)31)18-10-15(8-13(2)28-18)26-6-7-29-14(3)9-16-21(29)17(25)12-27-23(16)32-4/h8-12H,5-7H2,1-4H3,(H,26,28)(H,30,31). The summed E-state index contributed by atoms with van der Waals surface area (Å²) < 4.78 is 27.2. The molecular weight excluding hydrogens is 459 g/mol. The van der Waals surface area contributed by atoms with Crippen molar-refractivity contribution in [2.75, 3.05) is 25.6 Å². The van der Waals surface area contributed by atoms with E-state index in [0.717, 1.165) is 28.4 Å². The van der Waals surface area contributed by atoms with Crippen molar-refractivity contribution in [1.82, 2.24) is 14.5 Å². The first kappa shape index (κ1) is 23.5. The van der Waals surface area contributed by atoms with Crippen molar-refractivity contribution in [3.05, 3.63) is 52.5 Å². The van der Waals surface area contributed by atoms with Crippen LogP contribution in [-0.2, 0) is 6.54 Å². The highest BCUT2D eigenvalue weighted by Gasteiger charge is 2.19. The molecule has 0 spiro atoms. The minimum atomic E-state index is -1.03. The van der Waals surface area contributed by atoms with Crippen molar-refractivity contribution in [3.8, 4) is 22.2 Å². The lowest BCUT2D eigenvalue weighted by molar-refractivity contribution is 0.0698. The first-order chi connectivity index (χ1) is 16.3. The van der Waals surface area contributed by atoms with Gasteiger partial charge in [0.1, 0.15) is 5.75 Å². The van der Waals surface area contributed by atoms with Gasteiger partial charge in [-0.2, -0.15) is 0 Å². The lowest BCUT2D eigenvalue weighted by Crippen LogP contribution is -2.12. The van der Waals surface area contributed by atoms with E-state index in [1.54, 1.807) is 6.07 Å². The molecule has 4 aromatic heterocycles. The van der Waals surface area contributed by atoms with E-state index in [1.807, 2.05) is 43.5 Å². The maximum atomic E-state index is 14.5. The van der Waals surface area contributed by atoms with Crippen LogP contribution in [0.2, 0.25) is 0 Å². The Morgan fingerprint density at radius 3 is 2.76 bits per heavy atom. The number of aromatic carboxylic acids is 1. The molecule has 0 aromatic carbocycles. The Bertz CT molecular complexity index is 1370. The van der Waals surface area contributed by atoms with Gasteiger partial charge in [-0.3, -0.25) is 4.98 Å². The highest BCUT2D eigenvalue weighted by molar-refractivity contribution is 7.17. The van der Waals surface area contributed by atoms with Crippen LogP contribution in [0.25, 0.3) is 21.5 Å². The van der Waals surface area contributed by atoms with E-state index < -0.39 is 11.8 Å². The average molecular weight is 485 g/mol. The zero-order chi connectivity index (χ0) is 24.4. The van der Waals surface area contributed by atoms with Gasteiger partial charge in [-0.15, -0.1) is 11.3 Å². The minimum absolute atomic E-state index is 0.150. The number of halogens is 1. The van der Waals surface area contributed by atoms with E-state index >= 15 is 0 Å².